The number of rotatable bonds is 12. The second-order valence-corrected chi connectivity index (χ2v) is 13.2. The Morgan fingerprint density at radius 2 is 1.59 bits per heavy atom. The van der Waals surface area contributed by atoms with Crippen molar-refractivity contribution in [3.8, 4) is 0 Å². The molecule has 3 aromatic carbocycles. The number of thioether (sulfide) groups is 1. The number of hydrogen-bond donors (Lipinski definition) is 1. The van der Waals surface area contributed by atoms with Gasteiger partial charge in [0.05, 0.1) is 10.6 Å². The Morgan fingerprint density at radius 1 is 0.951 bits per heavy atom. The zero-order valence-electron chi connectivity index (χ0n) is 24.0. The highest BCUT2D eigenvalue weighted by atomic mass is 32.2. The number of hydrogen-bond acceptors (Lipinski definition) is 5. The Kier molecular flexibility index (Phi) is 10.5. The second-order valence-electron chi connectivity index (χ2n) is 10.4. The van der Waals surface area contributed by atoms with Crippen molar-refractivity contribution >= 4 is 39.3 Å². The molecule has 1 aliphatic carbocycles. The van der Waals surface area contributed by atoms with Crippen molar-refractivity contribution in [1.29, 1.82) is 0 Å². The predicted molar refractivity (Wildman–Crippen MR) is 165 cm³/mol. The summed E-state index contributed by atoms with van der Waals surface area (Å²) in [5.74, 6) is -0.631. The van der Waals surface area contributed by atoms with Crippen LogP contribution >= 0.6 is 11.8 Å². The summed E-state index contributed by atoms with van der Waals surface area (Å²) < 4.78 is 29.2. The first kappa shape index (κ1) is 30.7. The quantitative estimate of drug-likeness (QED) is 0.269. The van der Waals surface area contributed by atoms with Gasteiger partial charge >= 0.3 is 0 Å². The first-order chi connectivity index (χ1) is 19.7. The van der Waals surface area contributed by atoms with E-state index in [1.54, 1.807) is 36.4 Å². The lowest BCUT2D eigenvalue weighted by atomic mass is 10.1. The van der Waals surface area contributed by atoms with Gasteiger partial charge in [-0.2, -0.15) is 0 Å². The molecule has 41 heavy (non-hydrogen) atoms. The van der Waals surface area contributed by atoms with Gasteiger partial charge in [-0.1, -0.05) is 67.8 Å². The fraction of sp³-hybridized carbons (Fsp3) is 0.375. The SMILES string of the molecule is CCC(C(=O)NC1CCCC1)N(Cc1ccccc1)C(=O)CN(c1ccc(C)cc1)S(=O)(=O)c1ccc(SC)cc1. The van der Waals surface area contributed by atoms with Crippen molar-refractivity contribution in [3.63, 3.8) is 0 Å². The van der Waals surface area contributed by atoms with Gasteiger partial charge in [0, 0.05) is 17.5 Å². The van der Waals surface area contributed by atoms with E-state index in [0.717, 1.165) is 46.0 Å². The first-order valence-corrected chi connectivity index (χ1v) is 16.8. The fourth-order valence-electron chi connectivity index (χ4n) is 5.18. The zero-order valence-corrected chi connectivity index (χ0v) is 25.6. The van der Waals surface area contributed by atoms with Crippen molar-refractivity contribution in [3.05, 3.63) is 90.0 Å². The molecule has 0 saturated heterocycles. The molecule has 0 spiro atoms. The lowest BCUT2D eigenvalue weighted by Gasteiger charge is -2.33. The minimum Gasteiger partial charge on any atom is -0.352 e. The average Bonchev–Trinajstić information content (AvgIpc) is 3.49. The van der Waals surface area contributed by atoms with Gasteiger partial charge in [0.1, 0.15) is 12.6 Å². The van der Waals surface area contributed by atoms with Crippen LogP contribution in [-0.4, -0.2) is 50.0 Å². The summed E-state index contributed by atoms with van der Waals surface area (Å²) in [6, 6.07) is 22.6. The number of amides is 2. The van der Waals surface area contributed by atoms with Gasteiger partial charge in [-0.15, -0.1) is 11.8 Å². The van der Waals surface area contributed by atoms with Crippen molar-refractivity contribution < 1.29 is 18.0 Å². The van der Waals surface area contributed by atoms with E-state index in [9.17, 15) is 18.0 Å². The van der Waals surface area contributed by atoms with E-state index >= 15 is 0 Å². The standard InChI is InChI=1S/C32H39N3O4S2/c1-4-30(32(37)33-26-12-8-9-13-26)34(22-25-10-6-5-7-11-25)31(36)23-35(27-16-14-24(2)15-17-27)41(38,39)29-20-18-28(40-3)19-21-29/h5-7,10-11,14-21,26,30H,4,8-9,12-13,22-23H2,1-3H3,(H,33,37). The van der Waals surface area contributed by atoms with Crippen LogP contribution in [-0.2, 0) is 26.2 Å². The van der Waals surface area contributed by atoms with E-state index in [1.807, 2.05) is 62.6 Å². The number of aryl methyl sites for hydroxylation is 1. The summed E-state index contributed by atoms with van der Waals surface area (Å²) in [4.78, 5) is 30.2. The number of nitrogens with one attached hydrogen (secondary N) is 1. The Bertz CT molecular complexity index is 1410. The van der Waals surface area contributed by atoms with Crippen LogP contribution in [0.3, 0.4) is 0 Å². The Hall–Kier alpha value is -3.30. The topological polar surface area (TPSA) is 86.8 Å². The van der Waals surface area contributed by atoms with Gasteiger partial charge in [-0.25, -0.2) is 8.42 Å². The fourth-order valence-corrected chi connectivity index (χ4v) is 7.00. The van der Waals surface area contributed by atoms with E-state index < -0.39 is 28.5 Å². The number of benzene rings is 3. The molecule has 0 aromatic heterocycles. The molecule has 7 nitrogen and oxygen atoms in total. The molecule has 1 aliphatic rings. The average molecular weight is 594 g/mol. The van der Waals surface area contributed by atoms with E-state index in [4.69, 9.17) is 0 Å². The molecule has 0 heterocycles. The molecule has 1 unspecified atom stereocenters. The molecule has 1 fully saturated rings. The van der Waals surface area contributed by atoms with E-state index in [1.165, 1.54) is 16.7 Å². The Morgan fingerprint density at radius 3 is 2.17 bits per heavy atom. The molecule has 3 aromatic rings. The van der Waals surface area contributed by atoms with Crippen LogP contribution in [0, 0.1) is 6.92 Å². The van der Waals surface area contributed by atoms with Crippen molar-refractivity contribution in [1.82, 2.24) is 10.2 Å². The Labute approximate surface area is 248 Å². The van der Waals surface area contributed by atoms with Gasteiger partial charge in [-0.05, 0) is 74.4 Å². The van der Waals surface area contributed by atoms with Crippen LogP contribution in [0.2, 0.25) is 0 Å². The van der Waals surface area contributed by atoms with Gasteiger partial charge in [0.25, 0.3) is 10.0 Å². The van der Waals surface area contributed by atoms with Gasteiger partial charge < -0.3 is 10.2 Å². The molecule has 1 N–H and O–H groups in total. The van der Waals surface area contributed by atoms with E-state index in [-0.39, 0.29) is 23.4 Å². The number of sulfonamides is 1. The summed E-state index contributed by atoms with van der Waals surface area (Å²) in [7, 11) is -4.09. The van der Waals surface area contributed by atoms with Crippen molar-refractivity contribution in [2.24, 2.45) is 0 Å². The maximum atomic E-state index is 14.2. The second kappa shape index (κ2) is 14.0. The largest absolute Gasteiger partial charge is 0.352 e. The molecule has 1 atom stereocenters. The van der Waals surface area contributed by atoms with Crippen LogP contribution in [0.25, 0.3) is 0 Å². The van der Waals surface area contributed by atoms with E-state index in [2.05, 4.69) is 5.32 Å². The minimum atomic E-state index is -4.09. The maximum Gasteiger partial charge on any atom is 0.264 e. The highest BCUT2D eigenvalue weighted by molar-refractivity contribution is 7.98. The normalized spacial score (nSPS) is 14.4. The predicted octanol–water partition coefficient (Wildman–Crippen LogP) is 5.78. The Balaban J connectivity index is 1.69. The number of carbonyl (C=O) groups excluding carboxylic acids is 2. The van der Waals surface area contributed by atoms with Crippen molar-refractivity contribution in [2.45, 2.75) is 74.4 Å². The molecular weight excluding hydrogens is 555 g/mol. The van der Waals surface area contributed by atoms with E-state index in [0.29, 0.717) is 12.1 Å². The lowest BCUT2D eigenvalue weighted by Crippen LogP contribution is -2.53. The molecule has 2 amide bonds. The number of anilines is 1. The van der Waals surface area contributed by atoms with Crippen LogP contribution in [0.4, 0.5) is 5.69 Å². The molecule has 9 heteroatoms. The molecule has 0 aliphatic heterocycles. The van der Waals surface area contributed by atoms with Gasteiger partial charge in [0.15, 0.2) is 0 Å². The number of carbonyl (C=O) groups is 2. The molecule has 0 bridgehead atoms. The molecule has 1 saturated carbocycles. The number of nitrogens with zero attached hydrogens (tertiary/aromatic N) is 2. The maximum absolute atomic E-state index is 14.2. The molecular formula is C32H39N3O4S2. The molecule has 0 radical (unpaired) electrons. The zero-order chi connectivity index (χ0) is 29.4. The van der Waals surface area contributed by atoms with Crippen molar-refractivity contribution in [2.75, 3.05) is 17.1 Å². The summed E-state index contributed by atoms with van der Waals surface area (Å²) >= 11 is 1.52. The minimum absolute atomic E-state index is 0.101. The third kappa shape index (κ3) is 7.71. The monoisotopic (exact) mass is 593 g/mol. The molecule has 4 rings (SSSR count). The van der Waals surface area contributed by atoms with Crippen LogP contribution in [0.5, 0.6) is 0 Å². The summed E-state index contributed by atoms with van der Waals surface area (Å²) in [6.07, 6.45) is 6.36. The lowest BCUT2D eigenvalue weighted by molar-refractivity contribution is -0.140. The van der Waals surface area contributed by atoms with Gasteiger partial charge in [0.2, 0.25) is 11.8 Å². The first-order valence-electron chi connectivity index (χ1n) is 14.1. The smallest absolute Gasteiger partial charge is 0.264 e. The van der Waals surface area contributed by atoms with Crippen LogP contribution in [0.15, 0.2) is 88.7 Å². The molecule has 218 valence electrons. The third-order valence-corrected chi connectivity index (χ3v) is 10.1. The summed E-state index contributed by atoms with van der Waals surface area (Å²) in [5, 5.41) is 3.14. The third-order valence-electron chi connectivity index (χ3n) is 7.53. The summed E-state index contributed by atoms with van der Waals surface area (Å²) in [5.41, 5.74) is 2.23. The summed E-state index contributed by atoms with van der Waals surface area (Å²) in [6.45, 7) is 3.56. The highest BCUT2D eigenvalue weighted by Crippen LogP contribution is 2.27. The highest BCUT2D eigenvalue weighted by Gasteiger charge is 2.34. The van der Waals surface area contributed by atoms with Crippen LogP contribution in [0.1, 0.15) is 50.2 Å². The van der Waals surface area contributed by atoms with Crippen LogP contribution < -0.4 is 9.62 Å². The van der Waals surface area contributed by atoms with Gasteiger partial charge in [-0.3, -0.25) is 13.9 Å².